The van der Waals surface area contributed by atoms with E-state index in [1.165, 1.54) is 23.5 Å². The number of thiazole rings is 1. The third kappa shape index (κ3) is 3.39. The first-order valence-corrected chi connectivity index (χ1v) is 7.56. The van der Waals surface area contributed by atoms with E-state index in [0.29, 0.717) is 24.0 Å². The summed E-state index contributed by atoms with van der Waals surface area (Å²) in [6, 6.07) is 6.20. The Bertz CT molecular complexity index is 625. The summed E-state index contributed by atoms with van der Waals surface area (Å²) in [4.78, 5) is 18.9. The summed E-state index contributed by atoms with van der Waals surface area (Å²) in [6.45, 7) is 6.56. The second-order valence-corrected chi connectivity index (χ2v) is 5.52. The molecule has 0 aliphatic rings. The minimum atomic E-state index is -0.410. The summed E-state index contributed by atoms with van der Waals surface area (Å²) in [5.74, 6) is -0.690. The average molecular weight is 308 g/mol. The van der Waals surface area contributed by atoms with Gasteiger partial charge in [-0.15, -0.1) is 11.3 Å². The molecule has 21 heavy (non-hydrogen) atoms. The van der Waals surface area contributed by atoms with E-state index in [0.717, 1.165) is 10.6 Å². The Labute approximate surface area is 127 Å². The lowest BCUT2D eigenvalue weighted by atomic mass is 10.3. The van der Waals surface area contributed by atoms with Crippen LogP contribution in [0.25, 0.3) is 0 Å². The summed E-state index contributed by atoms with van der Waals surface area (Å²) in [6.07, 6.45) is 0. The van der Waals surface area contributed by atoms with Gasteiger partial charge in [0.05, 0.1) is 6.61 Å². The fraction of sp³-hybridized carbons (Fsp3) is 0.333. The van der Waals surface area contributed by atoms with Gasteiger partial charge >= 0.3 is 5.97 Å². The maximum Gasteiger partial charge on any atom is 0.358 e. The van der Waals surface area contributed by atoms with Crippen LogP contribution in [0.1, 0.15) is 29.2 Å². The zero-order valence-electron chi connectivity index (χ0n) is 12.2. The molecular formula is C15H17FN2O2S. The minimum Gasteiger partial charge on any atom is -0.461 e. The molecule has 0 fully saturated rings. The van der Waals surface area contributed by atoms with E-state index >= 15 is 0 Å². The van der Waals surface area contributed by atoms with Crippen molar-refractivity contribution >= 4 is 28.1 Å². The van der Waals surface area contributed by atoms with Gasteiger partial charge in [0.15, 0.2) is 10.8 Å². The lowest BCUT2D eigenvalue weighted by Gasteiger charge is -2.19. The first-order chi connectivity index (χ1) is 10.1. The number of anilines is 2. The highest BCUT2D eigenvalue weighted by atomic mass is 32.1. The highest BCUT2D eigenvalue weighted by Crippen LogP contribution is 2.31. The zero-order chi connectivity index (χ0) is 15.4. The van der Waals surface area contributed by atoms with Gasteiger partial charge in [-0.1, -0.05) is 0 Å². The number of carbonyl (C=O) groups is 1. The van der Waals surface area contributed by atoms with Crippen molar-refractivity contribution in [2.75, 3.05) is 18.1 Å². The van der Waals surface area contributed by atoms with Gasteiger partial charge < -0.3 is 9.64 Å². The standard InChI is InChI=1S/C15H17FN2O2S/c1-4-18(12-8-6-11(16)7-9-12)15-17-13(10(3)21-15)14(19)20-5-2/h6-9H,4-5H2,1-3H3. The molecule has 1 aromatic heterocycles. The van der Waals surface area contributed by atoms with Crippen molar-refractivity contribution in [1.82, 2.24) is 4.98 Å². The van der Waals surface area contributed by atoms with Gasteiger partial charge in [-0.05, 0) is 45.0 Å². The number of esters is 1. The average Bonchev–Trinajstić information content (AvgIpc) is 2.84. The Morgan fingerprint density at radius 3 is 2.57 bits per heavy atom. The summed E-state index contributed by atoms with van der Waals surface area (Å²) < 4.78 is 18.0. The third-order valence-corrected chi connectivity index (χ3v) is 3.93. The number of benzene rings is 1. The molecule has 6 heteroatoms. The number of hydrogen-bond donors (Lipinski definition) is 0. The number of nitrogens with zero attached hydrogens (tertiary/aromatic N) is 2. The normalized spacial score (nSPS) is 10.5. The molecule has 0 aliphatic heterocycles. The summed E-state index contributed by atoms with van der Waals surface area (Å²) in [5.41, 5.74) is 1.18. The molecule has 0 saturated heterocycles. The minimum absolute atomic E-state index is 0.280. The molecule has 0 radical (unpaired) electrons. The van der Waals surface area contributed by atoms with Gasteiger partial charge in [-0.2, -0.15) is 0 Å². The number of ether oxygens (including phenoxy) is 1. The fourth-order valence-electron chi connectivity index (χ4n) is 1.94. The Kier molecular flexibility index (Phi) is 4.90. The smallest absolute Gasteiger partial charge is 0.358 e. The van der Waals surface area contributed by atoms with Crippen molar-refractivity contribution < 1.29 is 13.9 Å². The van der Waals surface area contributed by atoms with Crippen molar-refractivity contribution in [2.24, 2.45) is 0 Å². The molecule has 112 valence electrons. The van der Waals surface area contributed by atoms with Crippen LogP contribution < -0.4 is 4.90 Å². The van der Waals surface area contributed by atoms with Crippen molar-refractivity contribution in [2.45, 2.75) is 20.8 Å². The Morgan fingerprint density at radius 1 is 1.33 bits per heavy atom. The van der Waals surface area contributed by atoms with Crippen molar-refractivity contribution in [1.29, 1.82) is 0 Å². The monoisotopic (exact) mass is 308 g/mol. The third-order valence-electron chi connectivity index (χ3n) is 2.94. The van der Waals surface area contributed by atoms with Gasteiger partial charge in [0.25, 0.3) is 0 Å². The number of carbonyl (C=O) groups excluding carboxylic acids is 1. The lowest BCUT2D eigenvalue weighted by molar-refractivity contribution is 0.0519. The summed E-state index contributed by atoms with van der Waals surface area (Å²) in [5, 5.41) is 0.699. The maximum absolute atomic E-state index is 13.0. The highest BCUT2D eigenvalue weighted by Gasteiger charge is 2.20. The number of halogens is 1. The Hall–Kier alpha value is -1.95. The van der Waals surface area contributed by atoms with Crippen molar-refractivity contribution in [3.05, 3.63) is 40.7 Å². The highest BCUT2D eigenvalue weighted by molar-refractivity contribution is 7.15. The van der Waals surface area contributed by atoms with Crippen LogP contribution in [0.4, 0.5) is 15.2 Å². The number of hydrogen-bond acceptors (Lipinski definition) is 5. The summed E-state index contributed by atoms with van der Waals surface area (Å²) in [7, 11) is 0. The van der Waals surface area contributed by atoms with E-state index in [9.17, 15) is 9.18 Å². The molecule has 2 rings (SSSR count). The molecule has 0 unspecified atom stereocenters. The first-order valence-electron chi connectivity index (χ1n) is 6.74. The van der Waals surface area contributed by atoms with Crippen LogP contribution in [0.15, 0.2) is 24.3 Å². The molecule has 0 saturated carbocycles. The molecule has 0 amide bonds. The molecule has 0 bridgehead atoms. The van der Waals surface area contributed by atoms with Crippen LogP contribution in [-0.2, 0) is 4.74 Å². The van der Waals surface area contributed by atoms with E-state index in [-0.39, 0.29) is 5.82 Å². The van der Waals surface area contributed by atoms with E-state index in [2.05, 4.69) is 4.98 Å². The largest absolute Gasteiger partial charge is 0.461 e. The summed E-state index contributed by atoms with van der Waals surface area (Å²) >= 11 is 1.42. The van der Waals surface area contributed by atoms with Gasteiger partial charge in [-0.25, -0.2) is 14.2 Å². The van der Waals surface area contributed by atoms with Gasteiger partial charge in [0.1, 0.15) is 5.82 Å². The second kappa shape index (κ2) is 6.67. The lowest BCUT2D eigenvalue weighted by Crippen LogP contribution is -2.16. The van der Waals surface area contributed by atoms with Crippen LogP contribution in [0.5, 0.6) is 0 Å². The van der Waals surface area contributed by atoms with Crippen LogP contribution >= 0.6 is 11.3 Å². The molecule has 0 spiro atoms. The molecule has 1 heterocycles. The fourth-order valence-corrected chi connectivity index (χ4v) is 2.92. The molecular weight excluding hydrogens is 291 g/mol. The van der Waals surface area contributed by atoms with Crippen molar-refractivity contribution in [3.63, 3.8) is 0 Å². The Morgan fingerprint density at radius 2 is 2.00 bits per heavy atom. The maximum atomic E-state index is 13.0. The quantitative estimate of drug-likeness (QED) is 0.785. The van der Waals surface area contributed by atoms with Gasteiger partial charge in [0.2, 0.25) is 0 Å². The van der Waals surface area contributed by atoms with Gasteiger partial charge in [-0.3, -0.25) is 0 Å². The van der Waals surface area contributed by atoms with E-state index in [4.69, 9.17) is 4.74 Å². The SMILES string of the molecule is CCOC(=O)c1nc(N(CC)c2ccc(F)cc2)sc1C. The number of aromatic nitrogens is 1. The number of aryl methyl sites for hydroxylation is 1. The Balaban J connectivity index is 2.33. The predicted octanol–water partition coefficient (Wildman–Crippen LogP) is 3.93. The first kappa shape index (κ1) is 15.4. The molecule has 4 nitrogen and oxygen atoms in total. The van der Waals surface area contributed by atoms with E-state index < -0.39 is 5.97 Å². The van der Waals surface area contributed by atoms with E-state index in [1.54, 1.807) is 19.1 Å². The topological polar surface area (TPSA) is 42.4 Å². The van der Waals surface area contributed by atoms with E-state index in [1.807, 2.05) is 18.7 Å². The van der Waals surface area contributed by atoms with Crippen LogP contribution in [0, 0.1) is 12.7 Å². The zero-order valence-corrected chi connectivity index (χ0v) is 13.0. The van der Waals surface area contributed by atoms with Crippen LogP contribution in [0.3, 0.4) is 0 Å². The predicted molar refractivity (Wildman–Crippen MR) is 81.9 cm³/mol. The van der Waals surface area contributed by atoms with Crippen molar-refractivity contribution in [3.8, 4) is 0 Å². The molecule has 0 aliphatic carbocycles. The number of rotatable bonds is 5. The molecule has 0 N–H and O–H groups in total. The second-order valence-electron chi connectivity index (χ2n) is 4.34. The van der Waals surface area contributed by atoms with Crippen LogP contribution in [0.2, 0.25) is 0 Å². The molecule has 1 aromatic carbocycles. The van der Waals surface area contributed by atoms with Gasteiger partial charge in [0, 0.05) is 17.1 Å². The van der Waals surface area contributed by atoms with Crippen LogP contribution in [-0.4, -0.2) is 24.1 Å². The molecule has 2 aromatic rings. The molecule has 0 atom stereocenters.